The summed E-state index contributed by atoms with van der Waals surface area (Å²) in [6, 6.07) is 0.0143. The molecule has 2 aliphatic heterocycles. The molecular weight excluding hydrogens is 238 g/mol. The van der Waals surface area contributed by atoms with Crippen LogP contribution in [-0.4, -0.2) is 49.6 Å². The van der Waals surface area contributed by atoms with E-state index in [1.54, 1.807) is 0 Å². The molecule has 0 saturated carbocycles. The average molecular weight is 265 g/mol. The van der Waals surface area contributed by atoms with Crippen molar-refractivity contribution in [3.05, 3.63) is 11.6 Å². The Bertz CT molecular complexity index is 319. The number of hydrogen-bond acceptors (Lipinski definition) is 3. The molecule has 4 nitrogen and oxygen atoms in total. The maximum Gasteiger partial charge on any atom is 0.237 e. The Morgan fingerprint density at radius 1 is 1.37 bits per heavy atom. The van der Waals surface area contributed by atoms with Crippen molar-refractivity contribution in [2.24, 2.45) is 0 Å². The van der Waals surface area contributed by atoms with E-state index < -0.39 is 0 Å². The molecule has 1 amide bonds. The quantitative estimate of drug-likeness (QED) is 0.753. The smallest absolute Gasteiger partial charge is 0.237 e. The predicted molar refractivity (Wildman–Crippen MR) is 78.1 cm³/mol. The minimum Gasteiger partial charge on any atom is -0.351 e. The van der Waals surface area contributed by atoms with Crippen LogP contribution >= 0.6 is 0 Å². The molecule has 1 unspecified atom stereocenters. The molecule has 0 aromatic heterocycles. The minimum atomic E-state index is 0.0143. The van der Waals surface area contributed by atoms with Gasteiger partial charge in [0.25, 0.3) is 0 Å². The lowest BCUT2D eigenvalue weighted by Gasteiger charge is -2.27. The fourth-order valence-corrected chi connectivity index (χ4v) is 2.83. The van der Waals surface area contributed by atoms with Crippen LogP contribution in [0.15, 0.2) is 11.6 Å². The second-order valence-electron chi connectivity index (χ2n) is 5.66. The zero-order valence-corrected chi connectivity index (χ0v) is 12.1. The number of nitrogens with zero attached hydrogens (tertiary/aromatic N) is 1. The molecule has 2 heterocycles. The third-order valence-electron chi connectivity index (χ3n) is 4.22. The molecule has 4 heteroatoms. The lowest BCUT2D eigenvalue weighted by Crippen LogP contribution is -2.46. The normalized spacial score (nSPS) is 23.3. The molecule has 19 heavy (non-hydrogen) atoms. The van der Waals surface area contributed by atoms with Crippen LogP contribution in [0.25, 0.3) is 0 Å². The zero-order chi connectivity index (χ0) is 13.5. The molecule has 0 bridgehead atoms. The topological polar surface area (TPSA) is 44.4 Å². The summed E-state index contributed by atoms with van der Waals surface area (Å²) in [5, 5.41) is 6.38. The van der Waals surface area contributed by atoms with Crippen LogP contribution in [-0.2, 0) is 4.79 Å². The van der Waals surface area contributed by atoms with Gasteiger partial charge in [-0.2, -0.15) is 0 Å². The highest BCUT2D eigenvalue weighted by Crippen LogP contribution is 2.12. The number of likely N-dealkylation sites (tertiary alicyclic amines) is 1. The molecule has 0 radical (unpaired) electrons. The minimum absolute atomic E-state index is 0.0143. The predicted octanol–water partition coefficient (Wildman–Crippen LogP) is 1.29. The van der Waals surface area contributed by atoms with Crippen molar-refractivity contribution < 1.29 is 4.79 Å². The molecule has 108 valence electrons. The summed E-state index contributed by atoms with van der Waals surface area (Å²) in [5.74, 6) is 0.182. The molecule has 0 aromatic rings. The van der Waals surface area contributed by atoms with Crippen molar-refractivity contribution in [1.82, 2.24) is 15.5 Å². The van der Waals surface area contributed by atoms with E-state index in [2.05, 4.69) is 21.6 Å². The van der Waals surface area contributed by atoms with Gasteiger partial charge in [-0.05, 0) is 45.8 Å². The Labute approximate surface area is 116 Å². The summed E-state index contributed by atoms with van der Waals surface area (Å²) in [4.78, 5) is 14.5. The second kappa shape index (κ2) is 7.65. The zero-order valence-electron chi connectivity index (χ0n) is 12.1. The molecule has 0 aliphatic carbocycles. The van der Waals surface area contributed by atoms with E-state index in [0.717, 1.165) is 39.1 Å². The number of carbonyl (C=O) groups is 1. The lowest BCUT2D eigenvalue weighted by atomic mass is 10.1. The Morgan fingerprint density at radius 2 is 2.11 bits per heavy atom. The summed E-state index contributed by atoms with van der Waals surface area (Å²) in [5.41, 5.74) is 1.36. The van der Waals surface area contributed by atoms with Gasteiger partial charge in [0.05, 0.1) is 6.04 Å². The Balaban J connectivity index is 1.76. The number of carbonyl (C=O) groups excluding carboxylic acids is 1. The van der Waals surface area contributed by atoms with Crippen molar-refractivity contribution in [3.8, 4) is 0 Å². The highest BCUT2D eigenvalue weighted by atomic mass is 16.2. The van der Waals surface area contributed by atoms with Crippen molar-refractivity contribution in [1.29, 1.82) is 0 Å². The lowest BCUT2D eigenvalue weighted by molar-refractivity contribution is -0.125. The highest BCUT2D eigenvalue weighted by molar-refractivity contribution is 5.81. The van der Waals surface area contributed by atoms with Gasteiger partial charge in [-0.25, -0.2) is 0 Å². The Kier molecular flexibility index (Phi) is 5.86. The van der Waals surface area contributed by atoms with E-state index in [1.165, 1.54) is 31.3 Å². The van der Waals surface area contributed by atoms with Crippen molar-refractivity contribution in [2.75, 3.05) is 32.7 Å². The molecule has 2 aliphatic rings. The van der Waals surface area contributed by atoms with Crippen LogP contribution in [0.1, 0.15) is 39.0 Å². The first-order valence-electron chi connectivity index (χ1n) is 7.68. The van der Waals surface area contributed by atoms with Gasteiger partial charge in [0, 0.05) is 13.1 Å². The number of rotatable bonds is 4. The Morgan fingerprint density at radius 3 is 2.74 bits per heavy atom. The van der Waals surface area contributed by atoms with E-state index >= 15 is 0 Å². The van der Waals surface area contributed by atoms with Crippen LogP contribution in [0.5, 0.6) is 0 Å². The summed E-state index contributed by atoms with van der Waals surface area (Å²) in [7, 11) is 0. The number of hydrogen-bond donors (Lipinski definition) is 2. The van der Waals surface area contributed by atoms with Gasteiger partial charge in [0.1, 0.15) is 0 Å². The van der Waals surface area contributed by atoms with E-state index in [4.69, 9.17) is 0 Å². The molecule has 1 atom stereocenters. The first-order chi connectivity index (χ1) is 9.27. The molecule has 2 N–H and O–H groups in total. The van der Waals surface area contributed by atoms with E-state index in [9.17, 15) is 4.79 Å². The monoisotopic (exact) mass is 265 g/mol. The van der Waals surface area contributed by atoms with Crippen LogP contribution in [0, 0.1) is 0 Å². The standard InChI is InChI=1S/C15H27N3O/c1-13(18-10-4-2-3-5-11-18)15(19)17-12-14-6-8-16-9-7-14/h6,13,16H,2-5,7-12H2,1H3,(H,17,19). The van der Waals surface area contributed by atoms with Crippen molar-refractivity contribution >= 4 is 5.91 Å². The van der Waals surface area contributed by atoms with Gasteiger partial charge in [0.15, 0.2) is 0 Å². The van der Waals surface area contributed by atoms with Crippen LogP contribution < -0.4 is 10.6 Å². The first kappa shape index (κ1) is 14.5. The fraction of sp³-hybridized carbons (Fsp3) is 0.800. The van der Waals surface area contributed by atoms with Crippen LogP contribution in [0.2, 0.25) is 0 Å². The molecular formula is C15H27N3O. The molecule has 0 spiro atoms. The summed E-state index contributed by atoms with van der Waals surface area (Å²) in [6.45, 7) is 6.87. The van der Waals surface area contributed by atoms with Gasteiger partial charge in [-0.1, -0.05) is 24.5 Å². The third-order valence-corrected chi connectivity index (χ3v) is 4.22. The van der Waals surface area contributed by atoms with Gasteiger partial charge >= 0.3 is 0 Å². The third kappa shape index (κ3) is 4.62. The number of nitrogens with one attached hydrogen (secondary N) is 2. The fourth-order valence-electron chi connectivity index (χ4n) is 2.83. The van der Waals surface area contributed by atoms with Gasteiger partial charge in [0.2, 0.25) is 5.91 Å². The summed E-state index contributed by atoms with van der Waals surface area (Å²) in [6.07, 6.45) is 8.33. The van der Waals surface area contributed by atoms with Gasteiger partial charge in [-0.15, -0.1) is 0 Å². The summed E-state index contributed by atoms with van der Waals surface area (Å²) < 4.78 is 0. The largest absolute Gasteiger partial charge is 0.351 e. The van der Waals surface area contributed by atoms with Crippen LogP contribution in [0.4, 0.5) is 0 Å². The SMILES string of the molecule is CC(C(=O)NCC1=CCNCC1)N1CCCCCC1. The van der Waals surface area contributed by atoms with E-state index in [-0.39, 0.29) is 11.9 Å². The van der Waals surface area contributed by atoms with E-state index in [1.807, 2.05) is 6.92 Å². The summed E-state index contributed by atoms with van der Waals surface area (Å²) >= 11 is 0. The Hall–Kier alpha value is -0.870. The molecule has 1 saturated heterocycles. The molecule has 1 fully saturated rings. The van der Waals surface area contributed by atoms with Gasteiger partial charge < -0.3 is 10.6 Å². The van der Waals surface area contributed by atoms with Crippen molar-refractivity contribution in [2.45, 2.75) is 45.1 Å². The highest BCUT2D eigenvalue weighted by Gasteiger charge is 2.21. The molecule has 2 rings (SSSR count). The van der Waals surface area contributed by atoms with E-state index in [0.29, 0.717) is 0 Å². The maximum absolute atomic E-state index is 12.2. The number of amides is 1. The first-order valence-corrected chi connectivity index (χ1v) is 7.68. The average Bonchev–Trinajstić information content (AvgIpc) is 2.74. The molecule has 0 aromatic carbocycles. The maximum atomic E-state index is 12.2. The van der Waals surface area contributed by atoms with Crippen molar-refractivity contribution in [3.63, 3.8) is 0 Å². The van der Waals surface area contributed by atoms with Crippen LogP contribution in [0.3, 0.4) is 0 Å². The second-order valence-corrected chi connectivity index (χ2v) is 5.66. The van der Waals surface area contributed by atoms with Gasteiger partial charge in [-0.3, -0.25) is 9.69 Å².